The van der Waals surface area contributed by atoms with Crippen molar-refractivity contribution in [2.75, 3.05) is 26.2 Å². The average Bonchev–Trinajstić information content (AvgIpc) is 3.25. The molecule has 0 bridgehead atoms. The number of esters is 1. The van der Waals surface area contributed by atoms with Gasteiger partial charge in [0, 0.05) is 12.0 Å². The van der Waals surface area contributed by atoms with Crippen molar-refractivity contribution in [3.05, 3.63) is 70.3 Å². The first-order chi connectivity index (χ1) is 16.4. The fourth-order valence-corrected chi connectivity index (χ4v) is 5.09. The summed E-state index contributed by atoms with van der Waals surface area (Å²) >= 11 is 0. The molecule has 1 amide bonds. The zero-order chi connectivity index (χ0) is 24.2. The molecule has 0 saturated carbocycles. The minimum absolute atomic E-state index is 0.00241. The summed E-state index contributed by atoms with van der Waals surface area (Å²) in [6, 6.07) is 14.5. The lowest BCUT2D eigenvalue weighted by Gasteiger charge is -2.32. The summed E-state index contributed by atoms with van der Waals surface area (Å²) in [7, 11) is 0. The first-order valence-corrected chi connectivity index (χ1v) is 12.3. The molecule has 1 unspecified atom stereocenters. The third kappa shape index (κ3) is 5.22. The molecule has 1 saturated heterocycles. The number of benzene rings is 2. The number of aryl methyl sites for hydroxylation is 3. The van der Waals surface area contributed by atoms with Gasteiger partial charge >= 0.3 is 5.97 Å². The standard InChI is InChI=1S/C28H35N3O3/c1-5-34-28(33)22-12-14-30(15-13-22)18-27(32)31-26(24-9-7-6-8-20(24)3)17-25(29-31)23-11-10-19(2)16-21(23)4/h6-11,16,22,26H,5,12-15,17-18H2,1-4H3. The number of likely N-dealkylation sites (tertiary alicyclic amines) is 1. The topological polar surface area (TPSA) is 62.2 Å². The van der Waals surface area contributed by atoms with Crippen LogP contribution in [-0.2, 0) is 14.3 Å². The van der Waals surface area contributed by atoms with Gasteiger partial charge < -0.3 is 4.74 Å². The van der Waals surface area contributed by atoms with E-state index >= 15 is 0 Å². The van der Waals surface area contributed by atoms with Crippen molar-refractivity contribution in [1.29, 1.82) is 0 Å². The zero-order valence-corrected chi connectivity index (χ0v) is 20.7. The Morgan fingerprint density at radius 2 is 1.76 bits per heavy atom. The molecule has 0 aliphatic carbocycles. The molecule has 34 heavy (non-hydrogen) atoms. The van der Waals surface area contributed by atoms with Gasteiger partial charge in [0.05, 0.1) is 30.8 Å². The Hall–Kier alpha value is -2.99. The Bertz CT molecular complexity index is 1090. The number of rotatable bonds is 6. The van der Waals surface area contributed by atoms with E-state index in [1.165, 1.54) is 11.1 Å². The van der Waals surface area contributed by atoms with Gasteiger partial charge in [-0.05, 0) is 70.3 Å². The second kappa shape index (κ2) is 10.5. The van der Waals surface area contributed by atoms with Crippen LogP contribution in [0.2, 0.25) is 0 Å². The fraction of sp³-hybridized carbons (Fsp3) is 0.464. The molecule has 2 aliphatic rings. The van der Waals surface area contributed by atoms with Crippen LogP contribution in [0.4, 0.5) is 0 Å². The molecule has 0 N–H and O–H groups in total. The van der Waals surface area contributed by atoms with Gasteiger partial charge in [-0.25, -0.2) is 5.01 Å². The summed E-state index contributed by atoms with van der Waals surface area (Å²) in [6.07, 6.45) is 2.15. The lowest BCUT2D eigenvalue weighted by atomic mass is 9.93. The van der Waals surface area contributed by atoms with Crippen LogP contribution in [0.1, 0.15) is 60.0 Å². The zero-order valence-electron chi connectivity index (χ0n) is 20.7. The van der Waals surface area contributed by atoms with Crippen LogP contribution in [0.3, 0.4) is 0 Å². The Kier molecular flexibility index (Phi) is 7.47. The molecule has 6 nitrogen and oxygen atoms in total. The highest BCUT2D eigenvalue weighted by atomic mass is 16.5. The molecule has 0 radical (unpaired) electrons. The van der Waals surface area contributed by atoms with Crippen molar-refractivity contribution in [2.24, 2.45) is 11.0 Å². The van der Waals surface area contributed by atoms with Crippen LogP contribution in [0, 0.1) is 26.7 Å². The summed E-state index contributed by atoms with van der Waals surface area (Å²) < 4.78 is 5.17. The minimum atomic E-state index is -0.115. The highest BCUT2D eigenvalue weighted by Crippen LogP contribution is 2.35. The number of ether oxygens (including phenoxy) is 1. The van der Waals surface area contributed by atoms with Gasteiger partial charge in [-0.15, -0.1) is 0 Å². The van der Waals surface area contributed by atoms with Gasteiger partial charge in [-0.1, -0.05) is 48.0 Å². The van der Waals surface area contributed by atoms with Crippen LogP contribution < -0.4 is 0 Å². The van der Waals surface area contributed by atoms with Crippen LogP contribution in [0.25, 0.3) is 0 Å². The maximum absolute atomic E-state index is 13.5. The monoisotopic (exact) mass is 461 g/mol. The number of nitrogens with zero attached hydrogens (tertiary/aromatic N) is 3. The van der Waals surface area contributed by atoms with Crippen LogP contribution in [0.15, 0.2) is 47.6 Å². The number of hydrazone groups is 1. The maximum Gasteiger partial charge on any atom is 0.309 e. The van der Waals surface area contributed by atoms with Gasteiger partial charge in [-0.2, -0.15) is 5.10 Å². The normalized spacial score (nSPS) is 19.2. The molecule has 1 fully saturated rings. The van der Waals surface area contributed by atoms with E-state index < -0.39 is 0 Å². The Balaban J connectivity index is 1.53. The summed E-state index contributed by atoms with van der Waals surface area (Å²) in [5.41, 5.74) is 6.76. The highest BCUT2D eigenvalue weighted by molar-refractivity contribution is 6.04. The Morgan fingerprint density at radius 1 is 1.03 bits per heavy atom. The number of piperidine rings is 1. The molecule has 6 heteroatoms. The molecule has 2 aliphatic heterocycles. The van der Waals surface area contributed by atoms with Gasteiger partial charge in [0.25, 0.3) is 5.91 Å². The largest absolute Gasteiger partial charge is 0.466 e. The van der Waals surface area contributed by atoms with Gasteiger partial charge in [0.1, 0.15) is 0 Å². The average molecular weight is 462 g/mol. The van der Waals surface area contributed by atoms with Crippen molar-refractivity contribution in [3.8, 4) is 0 Å². The van der Waals surface area contributed by atoms with Gasteiger partial charge in [-0.3, -0.25) is 14.5 Å². The molecular formula is C28H35N3O3. The van der Waals surface area contributed by atoms with E-state index in [4.69, 9.17) is 9.84 Å². The van der Waals surface area contributed by atoms with E-state index in [-0.39, 0.29) is 23.8 Å². The Morgan fingerprint density at radius 3 is 2.44 bits per heavy atom. The molecule has 2 heterocycles. The third-order valence-corrected chi connectivity index (χ3v) is 6.97. The van der Waals surface area contributed by atoms with Crippen molar-refractivity contribution in [1.82, 2.24) is 9.91 Å². The first-order valence-electron chi connectivity index (χ1n) is 12.3. The molecule has 2 aromatic carbocycles. The second-order valence-electron chi connectivity index (χ2n) is 9.48. The van der Waals surface area contributed by atoms with E-state index in [0.29, 0.717) is 32.7 Å². The van der Waals surface area contributed by atoms with Crippen molar-refractivity contribution in [3.63, 3.8) is 0 Å². The van der Waals surface area contributed by atoms with Crippen molar-refractivity contribution < 1.29 is 14.3 Å². The highest BCUT2D eigenvalue weighted by Gasteiger charge is 2.35. The molecule has 4 rings (SSSR count). The van der Waals surface area contributed by atoms with Crippen LogP contribution >= 0.6 is 0 Å². The lowest BCUT2D eigenvalue weighted by molar-refractivity contribution is -0.149. The van der Waals surface area contributed by atoms with E-state index in [1.807, 2.05) is 19.1 Å². The summed E-state index contributed by atoms with van der Waals surface area (Å²) in [4.78, 5) is 27.7. The third-order valence-electron chi connectivity index (χ3n) is 6.97. The molecule has 2 aromatic rings. The van der Waals surface area contributed by atoms with E-state index in [9.17, 15) is 9.59 Å². The molecular weight excluding hydrogens is 426 g/mol. The van der Waals surface area contributed by atoms with Gasteiger partial charge in [0.2, 0.25) is 0 Å². The number of carbonyl (C=O) groups is 2. The first kappa shape index (κ1) is 24.1. The fourth-order valence-electron chi connectivity index (χ4n) is 5.09. The number of hydrogen-bond donors (Lipinski definition) is 0. The molecule has 1 atom stereocenters. The molecule has 0 spiro atoms. The summed E-state index contributed by atoms with van der Waals surface area (Å²) in [5.74, 6) is -0.176. The summed E-state index contributed by atoms with van der Waals surface area (Å²) in [5, 5.41) is 6.58. The second-order valence-corrected chi connectivity index (χ2v) is 9.48. The van der Waals surface area contributed by atoms with Gasteiger partial charge in [0.15, 0.2) is 0 Å². The summed E-state index contributed by atoms with van der Waals surface area (Å²) in [6.45, 7) is 10.3. The van der Waals surface area contributed by atoms with Crippen LogP contribution in [0.5, 0.6) is 0 Å². The predicted octanol–water partition coefficient (Wildman–Crippen LogP) is 4.56. The number of amides is 1. The SMILES string of the molecule is CCOC(=O)C1CCN(CC(=O)N2N=C(c3ccc(C)cc3C)CC2c2ccccc2C)CC1. The number of carbonyl (C=O) groups excluding carboxylic acids is 2. The number of hydrogen-bond acceptors (Lipinski definition) is 5. The minimum Gasteiger partial charge on any atom is -0.466 e. The van der Waals surface area contributed by atoms with E-state index in [2.05, 4.69) is 56.0 Å². The Labute approximate surface area is 202 Å². The van der Waals surface area contributed by atoms with Crippen LogP contribution in [-0.4, -0.2) is 53.7 Å². The molecule has 180 valence electrons. The van der Waals surface area contributed by atoms with E-state index in [0.717, 1.165) is 35.2 Å². The van der Waals surface area contributed by atoms with Crippen molar-refractivity contribution >= 4 is 17.6 Å². The van der Waals surface area contributed by atoms with E-state index in [1.54, 1.807) is 5.01 Å². The van der Waals surface area contributed by atoms with Crippen molar-refractivity contribution in [2.45, 2.75) is 53.0 Å². The lowest BCUT2D eigenvalue weighted by Crippen LogP contribution is -2.43. The quantitative estimate of drug-likeness (QED) is 0.592. The smallest absolute Gasteiger partial charge is 0.309 e. The maximum atomic E-state index is 13.5. The predicted molar refractivity (Wildman–Crippen MR) is 134 cm³/mol. The molecule has 0 aromatic heterocycles.